The topological polar surface area (TPSA) is 82.1 Å². The Morgan fingerprint density at radius 2 is 1.75 bits per heavy atom. The highest BCUT2D eigenvalue weighted by Crippen LogP contribution is 1.85. The van der Waals surface area contributed by atoms with Gasteiger partial charge in [-0.05, 0) is 6.92 Å². The average Bonchev–Trinajstić information content (AvgIpc) is 1.98. The van der Waals surface area contributed by atoms with E-state index >= 15 is 0 Å². The minimum atomic E-state index is -1.40. The fourth-order valence-electron chi connectivity index (χ4n) is 0.413. The maximum Gasteiger partial charge on any atom is 0.508 e. The molecule has 0 aliphatic rings. The van der Waals surface area contributed by atoms with Crippen LogP contribution in [-0.4, -0.2) is 37.2 Å². The highest BCUT2D eigenvalue weighted by Gasteiger charge is 2.02. The van der Waals surface area contributed by atoms with Crippen LogP contribution in [-0.2, 0) is 14.2 Å². The summed E-state index contributed by atoms with van der Waals surface area (Å²) in [5.41, 5.74) is 0. The van der Waals surface area contributed by atoms with Crippen molar-refractivity contribution in [1.29, 1.82) is 0 Å². The van der Waals surface area contributed by atoms with Gasteiger partial charge in [0.25, 0.3) is 0 Å². The Morgan fingerprint density at radius 1 is 1.17 bits per heavy atom. The molecule has 0 unspecified atom stereocenters. The van der Waals surface area contributed by atoms with Crippen molar-refractivity contribution in [2.75, 3.05) is 19.8 Å². The number of carbonyl (C=O) groups is 2. The maximum atomic E-state index is 10.4. The SMILES string of the molecule is CCOC(=O)OCCOC(=O)O. The molecule has 12 heavy (non-hydrogen) atoms. The molecule has 1 N–H and O–H groups in total. The Morgan fingerprint density at radius 3 is 2.25 bits per heavy atom. The van der Waals surface area contributed by atoms with Gasteiger partial charge in [0.05, 0.1) is 6.61 Å². The minimum absolute atomic E-state index is 0.134. The quantitative estimate of drug-likeness (QED) is 0.507. The van der Waals surface area contributed by atoms with E-state index in [9.17, 15) is 9.59 Å². The van der Waals surface area contributed by atoms with Gasteiger partial charge in [0.15, 0.2) is 0 Å². The van der Waals surface area contributed by atoms with E-state index in [-0.39, 0.29) is 19.8 Å². The molecule has 0 saturated carbocycles. The van der Waals surface area contributed by atoms with Gasteiger partial charge in [-0.1, -0.05) is 0 Å². The number of carbonyl (C=O) groups excluding carboxylic acids is 1. The molecule has 0 radical (unpaired) electrons. The maximum absolute atomic E-state index is 10.4. The van der Waals surface area contributed by atoms with Gasteiger partial charge in [0.1, 0.15) is 13.2 Å². The fourth-order valence-corrected chi connectivity index (χ4v) is 0.413. The monoisotopic (exact) mass is 178 g/mol. The third kappa shape index (κ3) is 6.66. The van der Waals surface area contributed by atoms with Crippen molar-refractivity contribution in [2.24, 2.45) is 0 Å². The van der Waals surface area contributed by atoms with E-state index in [1.807, 2.05) is 0 Å². The van der Waals surface area contributed by atoms with Crippen LogP contribution < -0.4 is 0 Å². The van der Waals surface area contributed by atoms with Gasteiger partial charge in [0.2, 0.25) is 0 Å². The summed E-state index contributed by atoms with van der Waals surface area (Å²) in [7, 11) is 0. The fraction of sp³-hybridized carbons (Fsp3) is 0.667. The molecule has 0 atom stereocenters. The lowest BCUT2D eigenvalue weighted by Gasteiger charge is -2.03. The Hall–Kier alpha value is -1.46. The molecule has 0 aromatic rings. The van der Waals surface area contributed by atoms with Crippen LogP contribution in [0, 0.1) is 0 Å². The standard InChI is InChI=1S/C6H10O6/c1-2-10-6(9)12-4-3-11-5(7)8/h2-4H2,1H3,(H,7,8). The Kier molecular flexibility index (Phi) is 5.50. The molecular weight excluding hydrogens is 168 g/mol. The van der Waals surface area contributed by atoms with Crippen molar-refractivity contribution in [3.63, 3.8) is 0 Å². The number of hydrogen-bond acceptors (Lipinski definition) is 5. The normalized spacial score (nSPS) is 8.75. The van der Waals surface area contributed by atoms with Crippen molar-refractivity contribution >= 4 is 12.3 Å². The summed E-state index contributed by atoms with van der Waals surface area (Å²) in [5, 5.41) is 7.99. The lowest BCUT2D eigenvalue weighted by atomic mass is 10.8. The van der Waals surface area contributed by atoms with E-state index in [2.05, 4.69) is 14.2 Å². The molecule has 0 rings (SSSR count). The van der Waals surface area contributed by atoms with E-state index in [4.69, 9.17) is 5.11 Å². The van der Waals surface area contributed by atoms with Crippen molar-refractivity contribution in [2.45, 2.75) is 6.92 Å². The van der Waals surface area contributed by atoms with Gasteiger partial charge in [0, 0.05) is 0 Å². The molecule has 0 aromatic heterocycles. The molecule has 0 aromatic carbocycles. The predicted molar refractivity (Wildman–Crippen MR) is 37.0 cm³/mol. The summed E-state index contributed by atoms with van der Waals surface area (Å²) < 4.78 is 12.8. The first-order valence-corrected chi connectivity index (χ1v) is 3.32. The summed E-state index contributed by atoms with van der Waals surface area (Å²) in [6.07, 6.45) is -2.23. The third-order valence-corrected chi connectivity index (χ3v) is 0.791. The number of carboxylic acid groups (broad SMARTS) is 1. The van der Waals surface area contributed by atoms with Crippen LogP contribution in [0.1, 0.15) is 6.92 Å². The Balaban J connectivity index is 3.19. The van der Waals surface area contributed by atoms with Crippen molar-refractivity contribution in [3.05, 3.63) is 0 Å². The van der Waals surface area contributed by atoms with E-state index < -0.39 is 12.3 Å². The second kappa shape index (κ2) is 6.26. The molecule has 0 amide bonds. The molecule has 0 aliphatic carbocycles. The minimum Gasteiger partial charge on any atom is -0.450 e. The largest absolute Gasteiger partial charge is 0.508 e. The predicted octanol–water partition coefficient (Wildman–Crippen LogP) is 0.854. The summed E-state index contributed by atoms with van der Waals surface area (Å²) in [5.74, 6) is 0. The van der Waals surface area contributed by atoms with Crippen LogP contribution in [0.2, 0.25) is 0 Å². The molecule has 70 valence electrons. The number of hydrogen-bond donors (Lipinski definition) is 1. The van der Waals surface area contributed by atoms with Crippen LogP contribution in [0.25, 0.3) is 0 Å². The van der Waals surface area contributed by atoms with Crippen LogP contribution in [0.4, 0.5) is 9.59 Å². The van der Waals surface area contributed by atoms with E-state index in [0.29, 0.717) is 0 Å². The second-order valence-corrected chi connectivity index (χ2v) is 1.65. The lowest BCUT2D eigenvalue weighted by molar-refractivity contribution is 0.0314. The molecule has 0 fully saturated rings. The summed E-state index contributed by atoms with van der Waals surface area (Å²) in [6, 6.07) is 0. The highest BCUT2D eigenvalue weighted by molar-refractivity contribution is 5.59. The Labute approximate surface area is 69.0 Å². The van der Waals surface area contributed by atoms with Crippen LogP contribution in [0.15, 0.2) is 0 Å². The first-order valence-electron chi connectivity index (χ1n) is 3.32. The molecular formula is C6H10O6. The van der Waals surface area contributed by atoms with Gasteiger partial charge in [-0.15, -0.1) is 0 Å². The zero-order valence-corrected chi connectivity index (χ0v) is 6.61. The zero-order chi connectivity index (χ0) is 9.40. The van der Waals surface area contributed by atoms with Crippen LogP contribution in [0.3, 0.4) is 0 Å². The molecule has 0 heterocycles. The van der Waals surface area contributed by atoms with Gasteiger partial charge < -0.3 is 19.3 Å². The molecule has 0 aliphatic heterocycles. The van der Waals surface area contributed by atoms with Crippen LogP contribution in [0.5, 0.6) is 0 Å². The van der Waals surface area contributed by atoms with E-state index in [1.54, 1.807) is 6.92 Å². The van der Waals surface area contributed by atoms with Gasteiger partial charge >= 0.3 is 12.3 Å². The van der Waals surface area contributed by atoms with Crippen LogP contribution >= 0.6 is 0 Å². The number of rotatable bonds is 4. The smallest absolute Gasteiger partial charge is 0.450 e. The average molecular weight is 178 g/mol. The second-order valence-electron chi connectivity index (χ2n) is 1.65. The lowest BCUT2D eigenvalue weighted by Crippen LogP contribution is -2.13. The number of ether oxygens (including phenoxy) is 3. The summed E-state index contributed by atoms with van der Waals surface area (Å²) in [4.78, 5) is 20.2. The molecule has 6 nitrogen and oxygen atoms in total. The highest BCUT2D eigenvalue weighted by atomic mass is 16.7. The Bertz CT molecular complexity index is 154. The molecule has 6 heteroatoms. The van der Waals surface area contributed by atoms with Gasteiger partial charge in [-0.2, -0.15) is 0 Å². The third-order valence-electron chi connectivity index (χ3n) is 0.791. The first-order chi connectivity index (χ1) is 5.66. The van der Waals surface area contributed by atoms with E-state index in [0.717, 1.165) is 0 Å². The van der Waals surface area contributed by atoms with Gasteiger partial charge in [-0.25, -0.2) is 9.59 Å². The molecule has 0 spiro atoms. The summed E-state index contributed by atoms with van der Waals surface area (Å²) >= 11 is 0. The van der Waals surface area contributed by atoms with Gasteiger partial charge in [-0.3, -0.25) is 0 Å². The van der Waals surface area contributed by atoms with Crippen molar-refractivity contribution in [3.8, 4) is 0 Å². The zero-order valence-electron chi connectivity index (χ0n) is 6.61. The molecule has 0 bridgehead atoms. The first kappa shape index (κ1) is 10.5. The van der Waals surface area contributed by atoms with E-state index in [1.165, 1.54) is 0 Å². The summed E-state index contributed by atoms with van der Waals surface area (Å²) in [6.45, 7) is 1.53. The van der Waals surface area contributed by atoms with Crippen molar-refractivity contribution in [1.82, 2.24) is 0 Å². The van der Waals surface area contributed by atoms with Crippen molar-refractivity contribution < 1.29 is 28.9 Å². The molecule has 0 saturated heterocycles.